The smallest absolute Gasteiger partial charge is 0.303 e. The molecule has 5 atom stereocenters. The van der Waals surface area contributed by atoms with Crippen LogP contribution >= 0.6 is 0 Å². The van der Waals surface area contributed by atoms with E-state index >= 15 is 0 Å². The highest BCUT2D eigenvalue weighted by Crippen LogP contribution is 2.31. The molecule has 0 amide bonds. The number of benzene rings is 1. The van der Waals surface area contributed by atoms with Gasteiger partial charge in [0.15, 0.2) is 30.2 Å². The van der Waals surface area contributed by atoms with Crippen LogP contribution in [-0.4, -0.2) is 66.8 Å². The van der Waals surface area contributed by atoms with Gasteiger partial charge in [0.1, 0.15) is 18.5 Å². The lowest BCUT2D eigenvalue weighted by molar-refractivity contribution is -0.243. The molecule has 1 fully saturated rings. The molecular formula is C21H23FO10. The molecule has 11 heteroatoms. The molecule has 1 saturated heterocycles. The zero-order valence-corrected chi connectivity index (χ0v) is 17.9. The maximum Gasteiger partial charge on any atom is 0.303 e. The molecule has 1 aromatic rings. The highest BCUT2D eigenvalue weighted by Gasteiger charge is 2.54. The van der Waals surface area contributed by atoms with E-state index in [4.69, 9.17) is 23.7 Å². The van der Waals surface area contributed by atoms with Crippen molar-refractivity contribution in [3.05, 3.63) is 35.6 Å². The predicted molar refractivity (Wildman–Crippen MR) is 103 cm³/mol. The number of rotatable bonds is 7. The first kappa shape index (κ1) is 24.9. The van der Waals surface area contributed by atoms with Gasteiger partial charge in [-0.3, -0.25) is 24.0 Å². The first-order valence-corrected chi connectivity index (χ1v) is 9.59. The van der Waals surface area contributed by atoms with E-state index in [0.717, 1.165) is 39.8 Å². The number of ketones is 1. The lowest BCUT2D eigenvalue weighted by Gasteiger charge is -2.43. The van der Waals surface area contributed by atoms with Crippen LogP contribution in [0.25, 0.3) is 0 Å². The Kier molecular flexibility index (Phi) is 8.41. The number of carbonyl (C=O) groups is 5. The van der Waals surface area contributed by atoms with Crippen molar-refractivity contribution < 1.29 is 52.0 Å². The lowest BCUT2D eigenvalue weighted by Crippen LogP contribution is -2.64. The van der Waals surface area contributed by atoms with E-state index in [0.29, 0.717) is 0 Å². The number of hydrogen-bond donors (Lipinski definition) is 0. The van der Waals surface area contributed by atoms with Crippen molar-refractivity contribution in [2.75, 3.05) is 6.61 Å². The third-order valence-corrected chi connectivity index (χ3v) is 4.38. The van der Waals surface area contributed by atoms with E-state index in [-0.39, 0.29) is 5.56 Å². The zero-order valence-electron chi connectivity index (χ0n) is 17.9. The monoisotopic (exact) mass is 454 g/mol. The number of carbonyl (C=O) groups excluding carboxylic acids is 5. The minimum absolute atomic E-state index is 0.0206. The fraction of sp³-hybridized carbons (Fsp3) is 0.476. The molecule has 2 rings (SSSR count). The summed E-state index contributed by atoms with van der Waals surface area (Å²) in [6.45, 7) is 3.91. The van der Waals surface area contributed by atoms with Crippen molar-refractivity contribution in [1.29, 1.82) is 0 Å². The lowest BCUT2D eigenvalue weighted by atomic mass is 9.90. The van der Waals surface area contributed by atoms with Gasteiger partial charge in [0.25, 0.3) is 0 Å². The Morgan fingerprint density at radius 2 is 1.28 bits per heavy atom. The van der Waals surface area contributed by atoms with E-state index in [1.54, 1.807) is 0 Å². The van der Waals surface area contributed by atoms with Crippen LogP contribution in [-0.2, 0) is 42.9 Å². The summed E-state index contributed by atoms with van der Waals surface area (Å²) in [5.74, 6) is -4.40. The Hall–Kier alpha value is -3.34. The van der Waals surface area contributed by atoms with E-state index < -0.39 is 72.6 Å². The molecule has 1 aliphatic rings. The maximum atomic E-state index is 13.3. The average Bonchev–Trinajstić information content (AvgIpc) is 2.68. The van der Waals surface area contributed by atoms with Crippen molar-refractivity contribution in [2.45, 2.75) is 58.2 Å². The minimum Gasteiger partial charge on any atom is -0.463 e. The Morgan fingerprint density at radius 1 is 0.781 bits per heavy atom. The molecule has 174 valence electrons. The van der Waals surface area contributed by atoms with E-state index in [2.05, 4.69) is 0 Å². The highest BCUT2D eigenvalue weighted by atomic mass is 19.1. The summed E-state index contributed by atoms with van der Waals surface area (Å²) in [4.78, 5) is 59.7. The van der Waals surface area contributed by atoms with Crippen LogP contribution in [0.1, 0.15) is 38.1 Å². The molecule has 0 spiro atoms. The van der Waals surface area contributed by atoms with Crippen LogP contribution in [0, 0.1) is 5.82 Å². The van der Waals surface area contributed by atoms with Crippen molar-refractivity contribution >= 4 is 29.7 Å². The molecule has 0 N–H and O–H groups in total. The van der Waals surface area contributed by atoms with Crippen LogP contribution < -0.4 is 0 Å². The summed E-state index contributed by atoms with van der Waals surface area (Å²) in [6.07, 6.45) is -7.11. The van der Waals surface area contributed by atoms with Crippen molar-refractivity contribution in [3.8, 4) is 0 Å². The highest BCUT2D eigenvalue weighted by molar-refractivity contribution is 6.00. The van der Waals surface area contributed by atoms with Crippen molar-refractivity contribution in [1.82, 2.24) is 0 Å². The number of esters is 4. The summed E-state index contributed by atoms with van der Waals surface area (Å²) in [5, 5.41) is 0. The first-order chi connectivity index (χ1) is 15.0. The summed E-state index contributed by atoms with van der Waals surface area (Å²) in [6, 6.07) is 4.51. The van der Waals surface area contributed by atoms with Crippen LogP contribution in [0.15, 0.2) is 24.3 Å². The van der Waals surface area contributed by atoms with Crippen molar-refractivity contribution in [2.24, 2.45) is 0 Å². The topological polar surface area (TPSA) is 132 Å². The maximum absolute atomic E-state index is 13.3. The van der Waals surface area contributed by atoms with Gasteiger partial charge in [0, 0.05) is 33.3 Å². The quantitative estimate of drug-likeness (QED) is 0.336. The van der Waals surface area contributed by atoms with Gasteiger partial charge in [-0.05, 0) is 24.3 Å². The minimum atomic E-state index is -1.54. The molecule has 1 aromatic carbocycles. The number of hydrogen-bond acceptors (Lipinski definition) is 10. The summed E-state index contributed by atoms with van der Waals surface area (Å²) in [5.41, 5.74) is 0.0206. The largest absolute Gasteiger partial charge is 0.463 e. The molecule has 0 radical (unpaired) electrons. The Labute approximate surface area is 182 Å². The molecule has 1 heterocycles. The Balaban J connectivity index is 2.52. The van der Waals surface area contributed by atoms with Gasteiger partial charge < -0.3 is 23.7 Å². The second-order valence-corrected chi connectivity index (χ2v) is 6.99. The third kappa shape index (κ3) is 6.58. The fourth-order valence-electron chi connectivity index (χ4n) is 3.22. The summed E-state index contributed by atoms with van der Waals surface area (Å²) < 4.78 is 39.7. The average molecular weight is 454 g/mol. The molecular weight excluding hydrogens is 431 g/mol. The molecule has 32 heavy (non-hydrogen) atoms. The molecule has 1 unspecified atom stereocenters. The first-order valence-electron chi connectivity index (χ1n) is 9.59. The van der Waals surface area contributed by atoms with Crippen LogP contribution in [0.2, 0.25) is 0 Å². The van der Waals surface area contributed by atoms with Gasteiger partial charge in [-0.25, -0.2) is 4.39 Å². The molecule has 1 aliphatic heterocycles. The molecule has 0 saturated carbocycles. The second-order valence-electron chi connectivity index (χ2n) is 6.99. The predicted octanol–water partition coefficient (Wildman–Crippen LogP) is 1.13. The van der Waals surface area contributed by atoms with Gasteiger partial charge in [-0.15, -0.1) is 0 Å². The standard InChI is InChI=1S/C21H23FO10/c1-10(23)28-9-16-18(29-11(2)24)20(30-12(3)25)21(31-13(4)26)19(32-16)17(27)14-5-7-15(22)8-6-14/h5-8,16,18-21H,9H2,1-4H3/t16-,18-,19?,20+,21+/m1/s1. The summed E-state index contributed by atoms with van der Waals surface area (Å²) >= 11 is 0. The van der Waals surface area contributed by atoms with E-state index in [9.17, 15) is 28.4 Å². The van der Waals surface area contributed by atoms with Crippen molar-refractivity contribution in [3.63, 3.8) is 0 Å². The normalized spacial score (nSPS) is 24.7. The van der Waals surface area contributed by atoms with Gasteiger partial charge in [-0.1, -0.05) is 0 Å². The number of Topliss-reactive ketones (excluding diaryl/α,β-unsaturated/α-hetero) is 1. The third-order valence-electron chi connectivity index (χ3n) is 4.38. The zero-order chi connectivity index (χ0) is 24.0. The van der Waals surface area contributed by atoms with Gasteiger partial charge >= 0.3 is 23.9 Å². The van der Waals surface area contributed by atoms with Gasteiger partial charge in [0.2, 0.25) is 0 Å². The van der Waals surface area contributed by atoms with Crippen LogP contribution in [0.5, 0.6) is 0 Å². The Morgan fingerprint density at radius 3 is 1.78 bits per heavy atom. The fourth-order valence-corrected chi connectivity index (χ4v) is 3.22. The van der Waals surface area contributed by atoms with E-state index in [1.165, 1.54) is 12.1 Å². The van der Waals surface area contributed by atoms with Crippen LogP contribution in [0.4, 0.5) is 4.39 Å². The van der Waals surface area contributed by atoms with Gasteiger partial charge in [-0.2, -0.15) is 0 Å². The molecule has 0 aromatic heterocycles. The van der Waals surface area contributed by atoms with Crippen LogP contribution in [0.3, 0.4) is 0 Å². The Bertz CT molecular complexity index is 881. The SMILES string of the molecule is CC(=O)OC[C@H]1OC(C(=O)c2ccc(F)cc2)[C@H](OC(C)=O)[C@@H](OC(C)=O)[C@@H]1OC(C)=O. The summed E-state index contributed by atoms with van der Waals surface area (Å²) in [7, 11) is 0. The number of halogens is 1. The molecule has 0 bridgehead atoms. The molecule has 0 aliphatic carbocycles. The second kappa shape index (κ2) is 10.8. The van der Waals surface area contributed by atoms with E-state index in [1.807, 2.05) is 0 Å². The molecule has 10 nitrogen and oxygen atoms in total. The number of ether oxygens (including phenoxy) is 5. The van der Waals surface area contributed by atoms with Gasteiger partial charge in [0.05, 0.1) is 0 Å².